The zero-order valence-electron chi connectivity index (χ0n) is 21.5. The SMILES string of the molecule is COC(=O)C1=C(C)N(c2cccc(C(F)(F)F)c2)C(=N)N(C(N)=O)[C@@H]1c1ccc(C#N)cc1CC(=O)N(C)C. The second-order valence-corrected chi connectivity index (χ2v) is 8.80. The summed E-state index contributed by atoms with van der Waals surface area (Å²) in [6.07, 6.45) is -4.92. The van der Waals surface area contributed by atoms with E-state index < -0.39 is 35.7 Å². The predicted molar refractivity (Wildman–Crippen MR) is 134 cm³/mol. The molecule has 3 N–H and O–H groups in total. The number of nitrogens with one attached hydrogen (secondary N) is 1. The largest absolute Gasteiger partial charge is 0.466 e. The molecule has 0 fully saturated rings. The second kappa shape index (κ2) is 10.9. The molecule has 0 radical (unpaired) electrons. The van der Waals surface area contributed by atoms with Crippen LogP contribution in [0.25, 0.3) is 0 Å². The summed E-state index contributed by atoms with van der Waals surface area (Å²) in [6, 6.07) is 7.68. The second-order valence-electron chi connectivity index (χ2n) is 8.80. The number of methoxy groups -OCH3 is 1. The minimum atomic E-state index is -4.70. The topological polar surface area (TPSA) is 144 Å². The first-order valence-corrected chi connectivity index (χ1v) is 11.4. The molecule has 0 spiro atoms. The summed E-state index contributed by atoms with van der Waals surface area (Å²) < 4.78 is 45.3. The first-order valence-electron chi connectivity index (χ1n) is 11.4. The van der Waals surface area contributed by atoms with Crippen LogP contribution >= 0.6 is 0 Å². The number of halogens is 3. The molecule has 1 aliphatic heterocycles. The Labute approximate surface area is 222 Å². The average Bonchev–Trinajstić information content (AvgIpc) is 2.87. The molecule has 0 aliphatic carbocycles. The van der Waals surface area contributed by atoms with Gasteiger partial charge in [-0.15, -0.1) is 0 Å². The van der Waals surface area contributed by atoms with Crippen molar-refractivity contribution in [2.75, 3.05) is 26.1 Å². The fourth-order valence-electron chi connectivity index (χ4n) is 4.29. The molecule has 204 valence electrons. The Hall–Kier alpha value is -4.86. The Bertz CT molecular complexity index is 1430. The zero-order valence-corrected chi connectivity index (χ0v) is 21.5. The summed E-state index contributed by atoms with van der Waals surface area (Å²) in [5.74, 6) is -1.93. The van der Waals surface area contributed by atoms with Crippen LogP contribution in [-0.2, 0) is 26.9 Å². The minimum absolute atomic E-state index is 0.00270. The van der Waals surface area contributed by atoms with E-state index in [1.54, 1.807) is 0 Å². The normalized spacial score (nSPS) is 15.6. The number of anilines is 1. The maximum atomic E-state index is 13.4. The molecule has 39 heavy (non-hydrogen) atoms. The highest BCUT2D eigenvalue weighted by Gasteiger charge is 2.44. The third-order valence-corrected chi connectivity index (χ3v) is 6.18. The molecule has 13 heteroatoms. The van der Waals surface area contributed by atoms with Gasteiger partial charge in [-0.05, 0) is 48.4 Å². The van der Waals surface area contributed by atoms with Crippen molar-refractivity contribution in [3.05, 3.63) is 76.0 Å². The number of likely N-dealkylation sites (N-methyl/N-ethyl adjacent to an activating group) is 1. The third-order valence-electron chi connectivity index (χ3n) is 6.18. The van der Waals surface area contributed by atoms with Crippen LogP contribution in [-0.4, -0.2) is 54.9 Å². The fourth-order valence-corrected chi connectivity index (χ4v) is 4.29. The molecule has 0 saturated heterocycles. The van der Waals surface area contributed by atoms with E-state index >= 15 is 0 Å². The number of guanidine groups is 1. The van der Waals surface area contributed by atoms with E-state index in [1.165, 1.54) is 50.2 Å². The summed E-state index contributed by atoms with van der Waals surface area (Å²) in [4.78, 5) is 41.5. The first kappa shape index (κ1) is 28.7. The number of nitrogens with zero attached hydrogens (tertiary/aromatic N) is 4. The van der Waals surface area contributed by atoms with Crippen LogP contribution in [0.3, 0.4) is 0 Å². The van der Waals surface area contributed by atoms with E-state index in [4.69, 9.17) is 15.9 Å². The molecule has 10 nitrogen and oxygen atoms in total. The van der Waals surface area contributed by atoms with Gasteiger partial charge in [-0.1, -0.05) is 12.1 Å². The van der Waals surface area contributed by atoms with Gasteiger partial charge in [0.05, 0.1) is 36.3 Å². The number of hydrogen-bond donors (Lipinski definition) is 2. The quantitative estimate of drug-likeness (QED) is 0.553. The van der Waals surface area contributed by atoms with E-state index in [9.17, 15) is 32.8 Å². The molecule has 0 aromatic heterocycles. The van der Waals surface area contributed by atoms with Crippen molar-refractivity contribution in [2.45, 2.75) is 25.6 Å². The lowest BCUT2D eigenvalue weighted by molar-refractivity contribution is -0.138. The molecular formula is C26H25F3N6O4. The van der Waals surface area contributed by atoms with Gasteiger partial charge >= 0.3 is 18.2 Å². The zero-order chi connectivity index (χ0) is 29.2. The van der Waals surface area contributed by atoms with Crippen LogP contribution in [0.4, 0.5) is 23.7 Å². The number of allylic oxidation sites excluding steroid dienone is 1. The summed E-state index contributed by atoms with van der Waals surface area (Å²) in [5, 5.41) is 18.2. The van der Waals surface area contributed by atoms with E-state index in [-0.39, 0.29) is 46.0 Å². The maximum absolute atomic E-state index is 13.4. The van der Waals surface area contributed by atoms with Gasteiger partial charge in [0.15, 0.2) is 0 Å². The lowest BCUT2D eigenvalue weighted by Gasteiger charge is -2.43. The van der Waals surface area contributed by atoms with Gasteiger partial charge in [-0.3, -0.25) is 20.0 Å². The van der Waals surface area contributed by atoms with Crippen molar-refractivity contribution >= 4 is 29.6 Å². The Morgan fingerprint density at radius 3 is 2.38 bits per heavy atom. The average molecular weight is 543 g/mol. The number of primary amides is 1. The van der Waals surface area contributed by atoms with Crippen molar-refractivity contribution in [1.29, 1.82) is 10.7 Å². The molecule has 0 unspecified atom stereocenters. The Morgan fingerprint density at radius 1 is 1.18 bits per heavy atom. The number of alkyl halides is 3. The summed E-state index contributed by atoms with van der Waals surface area (Å²) >= 11 is 0. The number of esters is 1. The number of ether oxygens (including phenoxy) is 1. The molecule has 0 bridgehead atoms. The molecule has 2 aromatic carbocycles. The Morgan fingerprint density at radius 2 is 1.85 bits per heavy atom. The third kappa shape index (κ3) is 5.54. The molecule has 1 aliphatic rings. The first-order chi connectivity index (χ1) is 18.2. The molecule has 3 amide bonds. The smallest absolute Gasteiger partial charge is 0.416 e. The van der Waals surface area contributed by atoms with Crippen LogP contribution in [0.15, 0.2) is 53.7 Å². The van der Waals surface area contributed by atoms with Gasteiger partial charge in [0.25, 0.3) is 0 Å². The highest BCUT2D eigenvalue weighted by Crippen LogP contribution is 2.42. The monoisotopic (exact) mass is 542 g/mol. The number of carbonyl (C=O) groups excluding carboxylic acids is 3. The predicted octanol–water partition coefficient (Wildman–Crippen LogP) is 3.53. The fraction of sp³-hybridized carbons (Fsp3) is 0.269. The van der Waals surface area contributed by atoms with Crippen LogP contribution in [0, 0.1) is 16.7 Å². The van der Waals surface area contributed by atoms with E-state index in [0.29, 0.717) is 0 Å². The molecule has 3 rings (SSSR count). The summed E-state index contributed by atoms with van der Waals surface area (Å²) in [6.45, 7) is 1.39. The number of amides is 3. The number of urea groups is 1. The maximum Gasteiger partial charge on any atom is 0.416 e. The summed E-state index contributed by atoms with van der Waals surface area (Å²) in [5.41, 5.74) is 4.99. The summed E-state index contributed by atoms with van der Waals surface area (Å²) in [7, 11) is 4.14. The minimum Gasteiger partial charge on any atom is -0.466 e. The van der Waals surface area contributed by atoms with Gasteiger partial charge in [0, 0.05) is 25.5 Å². The molecule has 1 atom stereocenters. The number of nitriles is 1. The number of carbonyl (C=O) groups is 3. The molecule has 2 aromatic rings. The van der Waals surface area contributed by atoms with Crippen LogP contribution in [0.1, 0.15) is 35.2 Å². The van der Waals surface area contributed by atoms with Gasteiger partial charge in [-0.25, -0.2) is 9.59 Å². The lowest BCUT2D eigenvalue weighted by atomic mass is 9.87. The van der Waals surface area contributed by atoms with Crippen molar-refractivity contribution in [3.8, 4) is 6.07 Å². The molecular weight excluding hydrogens is 517 g/mol. The van der Waals surface area contributed by atoms with Crippen LogP contribution in [0.5, 0.6) is 0 Å². The Balaban J connectivity index is 2.35. The molecule has 0 saturated carbocycles. The highest BCUT2D eigenvalue weighted by molar-refractivity contribution is 6.10. The van der Waals surface area contributed by atoms with Gasteiger partial charge in [0.1, 0.15) is 6.04 Å². The molecule has 1 heterocycles. The number of nitrogens with two attached hydrogens (primary N) is 1. The lowest BCUT2D eigenvalue weighted by Crippen LogP contribution is -2.55. The standard InChI is InChI=1S/C26H25F3N6O4/c1-14-21(23(37)39-4)22(19-9-8-15(13-30)10-16(19)11-20(36)33(2)3)35(25(32)38)24(31)34(14)18-7-5-6-17(12-18)26(27,28)29/h5-10,12,22,31H,11H2,1-4H3,(H2,32,38)/t22-/m1/s1. The number of benzene rings is 2. The van der Waals surface area contributed by atoms with Gasteiger partial charge in [0.2, 0.25) is 11.9 Å². The number of hydrogen-bond acceptors (Lipinski definition) is 6. The highest BCUT2D eigenvalue weighted by atomic mass is 19.4. The van der Waals surface area contributed by atoms with E-state index in [2.05, 4.69) is 0 Å². The van der Waals surface area contributed by atoms with E-state index in [1.807, 2.05) is 6.07 Å². The van der Waals surface area contributed by atoms with Gasteiger partial charge in [-0.2, -0.15) is 18.4 Å². The van der Waals surface area contributed by atoms with Crippen molar-refractivity contribution in [3.63, 3.8) is 0 Å². The van der Waals surface area contributed by atoms with Crippen molar-refractivity contribution < 1.29 is 32.3 Å². The van der Waals surface area contributed by atoms with E-state index in [0.717, 1.165) is 35.1 Å². The van der Waals surface area contributed by atoms with Crippen molar-refractivity contribution in [1.82, 2.24) is 9.80 Å². The van der Waals surface area contributed by atoms with Gasteiger partial charge < -0.3 is 15.4 Å². The Kier molecular flexibility index (Phi) is 8.00. The number of rotatable bonds is 5. The van der Waals surface area contributed by atoms with Crippen molar-refractivity contribution in [2.24, 2.45) is 5.73 Å². The van der Waals surface area contributed by atoms with Crippen LogP contribution in [0.2, 0.25) is 0 Å². The van der Waals surface area contributed by atoms with Crippen LogP contribution < -0.4 is 10.6 Å².